The zero-order valence-electron chi connectivity index (χ0n) is 14.4. The van der Waals surface area contributed by atoms with E-state index in [-0.39, 0.29) is 17.3 Å². The monoisotopic (exact) mass is 393 g/mol. The molecule has 1 saturated carbocycles. The second kappa shape index (κ2) is 6.86. The normalized spacial score (nSPS) is 15.5. The summed E-state index contributed by atoms with van der Waals surface area (Å²) in [5, 5.41) is 16.4. The molecule has 0 bridgehead atoms. The summed E-state index contributed by atoms with van der Waals surface area (Å²) >= 11 is 0. The Morgan fingerprint density at radius 3 is 2.57 bits per heavy atom. The van der Waals surface area contributed by atoms with Crippen molar-refractivity contribution in [2.45, 2.75) is 31.2 Å². The van der Waals surface area contributed by atoms with Crippen LogP contribution in [0.15, 0.2) is 42.9 Å². The van der Waals surface area contributed by atoms with Gasteiger partial charge in [0.05, 0.1) is 18.1 Å². The SMILES string of the molecule is OC(Nc1ccc(-n2nc(C(F)(F)F)cc2C2CC2)nc1)c1ccncc1F. The molecule has 1 aliphatic carbocycles. The molecule has 3 aromatic rings. The van der Waals surface area contributed by atoms with Crippen molar-refractivity contribution in [1.82, 2.24) is 19.7 Å². The molecule has 3 aromatic heterocycles. The molecule has 10 heteroatoms. The van der Waals surface area contributed by atoms with Gasteiger partial charge in [-0.1, -0.05) is 0 Å². The number of rotatable bonds is 5. The third-order valence-corrected chi connectivity index (χ3v) is 4.39. The number of nitrogens with zero attached hydrogens (tertiary/aromatic N) is 4. The molecule has 1 unspecified atom stereocenters. The summed E-state index contributed by atoms with van der Waals surface area (Å²) in [6, 6.07) is 5.40. The van der Waals surface area contributed by atoms with Crippen LogP contribution < -0.4 is 5.32 Å². The average Bonchev–Trinajstić information content (AvgIpc) is 3.39. The minimum atomic E-state index is -4.53. The molecular formula is C18H15F4N5O. The Hall–Kier alpha value is -3.01. The first kappa shape index (κ1) is 18.4. The van der Waals surface area contributed by atoms with Gasteiger partial charge in [0.2, 0.25) is 0 Å². The van der Waals surface area contributed by atoms with Gasteiger partial charge < -0.3 is 10.4 Å². The lowest BCUT2D eigenvalue weighted by Gasteiger charge is -2.15. The molecule has 0 spiro atoms. The summed E-state index contributed by atoms with van der Waals surface area (Å²) in [5.41, 5.74) is -0.109. The minimum Gasteiger partial charge on any atom is -0.369 e. The van der Waals surface area contributed by atoms with E-state index in [1.807, 2.05) is 0 Å². The van der Waals surface area contributed by atoms with Crippen molar-refractivity contribution in [2.75, 3.05) is 5.32 Å². The number of pyridine rings is 2. The number of aliphatic hydroxyl groups excluding tert-OH is 1. The van der Waals surface area contributed by atoms with Gasteiger partial charge in [-0.25, -0.2) is 14.1 Å². The van der Waals surface area contributed by atoms with Gasteiger partial charge in [-0.2, -0.15) is 18.3 Å². The lowest BCUT2D eigenvalue weighted by atomic mass is 10.2. The van der Waals surface area contributed by atoms with Gasteiger partial charge in [0.25, 0.3) is 0 Å². The van der Waals surface area contributed by atoms with E-state index >= 15 is 0 Å². The maximum absolute atomic E-state index is 13.7. The molecule has 0 radical (unpaired) electrons. The van der Waals surface area contributed by atoms with Crippen LogP contribution in [0.3, 0.4) is 0 Å². The second-order valence-corrected chi connectivity index (χ2v) is 6.49. The topological polar surface area (TPSA) is 75.9 Å². The summed E-state index contributed by atoms with van der Waals surface area (Å²) in [7, 11) is 0. The van der Waals surface area contributed by atoms with Crippen molar-refractivity contribution in [2.24, 2.45) is 0 Å². The van der Waals surface area contributed by atoms with Crippen LogP contribution in [0.5, 0.6) is 0 Å². The number of alkyl halides is 3. The van der Waals surface area contributed by atoms with Gasteiger partial charge in [0.1, 0.15) is 5.82 Å². The fraction of sp³-hybridized carbons (Fsp3) is 0.278. The van der Waals surface area contributed by atoms with E-state index in [1.165, 1.54) is 35.3 Å². The zero-order chi connectivity index (χ0) is 19.9. The summed E-state index contributed by atoms with van der Waals surface area (Å²) in [4.78, 5) is 7.75. The highest BCUT2D eigenvalue weighted by molar-refractivity contribution is 5.45. The van der Waals surface area contributed by atoms with E-state index in [0.717, 1.165) is 25.1 Å². The number of hydrogen-bond acceptors (Lipinski definition) is 5. The summed E-state index contributed by atoms with van der Waals surface area (Å²) < 4.78 is 53.9. The highest BCUT2D eigenvalue weighted by atomic mass is 19.4. The Labute approximate surface area is 156 Å². The average molecular weight is 393 g/mol. The maximum atomic E-state index is 13.7. The van der Waals surface area contributed by atoms with Crippen LogP contribution in [0, 0.1) is 5.82 Å². The number of aromatic nitrogens is 4. The first-order valence-corrected chi connectivity index (χ1v) is 8.50. The molecule has 146 valence electrons. The molecule has 1 fully saturated rings. The Balaban J connectivity index is 1.57. The van der Waals surface area contributed by atoms with Crippen LogP contribution in [0.1, 0.15) is 41.9 Å². The first-order valence-electron chi connectivity index (χ1n) is 8.50. The van der Waals surface area contributed by atoms with Crippen molar-refractivity contribution >= 4 is 5.69 Å². The number of halogens is 4. The molecule has 2 N–H and O–H groups in total. The first-order chi connectivity index (χ1) is 13.3. The molecule has 0 saturated heterocycles. The molecule has 0 amide bonds. The predicted octanol–water partition coefficient (Wildman–Crippen LogP) is 3.80. The van der Waals surface area contributed by atoms with E-state index in [9.17, 15) is 22.7 Å². The Bertz CT molecular complexity index is 982. The second-order valence-electron chi connectivity index (χ2n) is 6.49. The molecule has 6 nitrogen and oxygen atoms in total. The van der Waals surface area contributed by atoms with Gasteiger partial charge in [0.15, 0.2) is 17.7 Å². The van der Waals surface area contributed by atoms with E-state index in [4.69, 9.17) is 0 Å². The minimum absolute atomic E-state index is 0.0111. The van der Waals surface area contributed by atoms with E-state index in [1.54, 1.807) is 0 Å². The van der Waals surface area contributed by atoms with Gasteiger partial charge in [-0.05, 0) is 37.1 Å². The van der Waals surface area contributed by atoms with Crippen molar-refractivity contribution in [1.29, 1.82) is 0 Å². The summed E-state index contributed by atoms with van der Waals surface area (Å²) in [5.74, 6) is -0.399. The van der Waals surface area contributed by atoms with Gasteiger partial charge in [-0.15, -0.1) is 0 Å². The smallest absolute Gasteiger partial charge is 0.369 e. The Morgan fingerprint density at radius 2 is 1.96 bits per heavy atom. The van der Waals surface area contributed by atoms with Gasteiger partial charge in [-0.3, -0.25) is 4.98 Å². The largest absolute Gasteiger partial charge is 0.435 e. The molecule has 28 heavy (non-hydrogen) atoms. The molecule has 0 aromatic carbocycles. The quantitative estimate of drug-likeness (QED) is 0.509. The van der Waals surface area contributed by atoms with Crippen molar-refractivity contribution in [3.05, 3.63) is 65.6 Å². The summed E-state index contributed by atoms with van der Waals surface area (Å²) in [6.45, 7) is 0. The summed E-state index contributed by atoms with van der Waals surface area (Å²) in [6.07, 6.45) is -0.576. The molecule has 3 heterocycles. The van der Waals surface area contributed by atoms with Crippen molar-refractivity contribution in [3.63, 3.8) is 0 Å². The highest BCUT2D eigenvalue weighted by Gasteiger charge is 2.38. The van der Waals surface area contributed by atoms with Crippen molar-refractivity contribution in [3.8, 4) is 5.82 Å². The molecule has 0 aliphatic heterocycles. The number of hydrogen-bond donors (Lipinski definition) is 2. The predicted molar refractivity (Wildman–Crippen MR) is 91.1 cm³/mol. The van der Waals surface area contributed by atoms with Gasteiger partial charge in [0, 0.05) is 23.4 Å². The third-order valence-electron chi connectivity index (χ3n) is 4.39. The Kier molecular flexibility index (Phi) is 4.50. The maximum Gasteiger partial charge on any atom is 0.435 e. The van der Waals surface area contributed by atoms with Crippen molar-refractivity contribution < 1.29 is 22.7 Å². The number of anilines is 1. The fourth-order valence-electron chi connectivity index (χ4n) is 2.83. The van der Waals surface area contributed by atoms with Crippen LogP contribution >= 0.6 is 0 Å². The van der Waals surface area contributed by atoms with Crippen LogP contribution in [0.4, 0.5) is 23.2 Å². The van der Waals surface area contributed by atoms with E-state index in [0.29, 0.717) is 11.4 Å². The van der Waals surface area contributed by atoms with Crippen LogP contribution in [0.2, 0.25) is 0 Å². The molecule has 1 atom stereocenters. The molecular weight excluding hydrogens is 378 g/mol. The van der Waals surface area contributed by atoms with E-state index < -0.39 is 23.9 Å². The number of aliphatic hydroxyl groups is 1. The lowest BCUT2D eigenvalue weighted by Crippen LogP contribution is -2.12. The lowest BCUT2D eigenvalue weighted by molar-refractivity contribution is -0.141. The molecule has 4 rings (SSSR count). The standard InChI is InChI=1S/C18H15F4N5O/c19-13-9-23-6-5-12(13)17(28)25-11-3-4-16(24-8-11)27-14(10-1-2-10)7-15(26-27)18(20,21)22/h3-10,17,25,28H,1-2H2. The Morgan fingerprint density at radius 1 is 1.18 bits per heavy atom. The highest BCUT2D eigenvalue weighted by Crippen LogP contribution is 2.42. The van der Waals surface area contributed by atoms with E-state index in [2.05, 4.69) is 20.4 Å². The van der Waals surface area contributed by atoms with Crippen LogP contribution in [-0.4, -0.2) is 24.9 Å². The molecule has 1 aliphatic rings. The van der Waals surface area contributed by atoms with Crippen LogP contribution in [-0.2, 0) is 6.18 Å². The number of nitrogens with one attached hydrogen (secondary N) is 1. The fourth-order valence-corrected chi connectivity index (χ4v) is 2.83. The zero-order valence-corrected chi connectivity index (χ0v) is 14.4. The van der Waals surface area contributed by atoms with Gasteiger partial charge >= 0.3 is 6.18 Å². The third kappa shape index (κ3) is 3.68. The van der Waals surface area contributed by atoms with Crippen LogP contribution in [0.25, 0.3) is 5.82 Å².